The van der Waals surface area contributed by atoms with Crippen LogP contribution in [-0.2, 0) is 4.79 Å². The summed E-state index contributed by atoms with van der Waals surface area (Å²) in [5.74, 6) is -0.538. The van der Waals surface area contributed by atoms with E-state index in [1.807, 2.05) is 24.3 Å². The van der Waals surface area contributed by atoms with Gasteiger partial charge in [-0.05, 0) is 12.1 Å². The number of nitrogens with zero attached hydrogens (tertiary/aromatic N) is 1. The lowest BCUT2D eigenvalue weighted by molar-refractivity contribution is -0.104. The molecule has 2 heterocycles. The SMILES string of the molecule is O=CC(=O)c1c[nH]c2cccc(-c3cc[nH]n3)c12. The zero-order valence-corrected chi connectivity index (χ0v) is 9.31. The molecule has 0 saturated carbocycles. The van der Waals surface area contributed by atoms with E-state index in [0.717, 1.165) is 22.2 Å². The van der Waals surface area contributed by atoms with Gasteiger partial charge in [-0.2, -0.15) is 5.10 Å². The van der Waals surface area contributed by atoms with Gasteiger partial charge in [0.25, 0.3) is 0 Å². The molecule has 18 heavy (non-hydrogen) atoms. The number of rotatable bonds is 3. The number of Topliss-reactive ketones (excluding diaryl/α,β-unsaturated/α-hetero) is 1. The summed E-state index contributed by atoms with van der Waals surface area (Å²) in [7, 11) is 0. The summed E-state index contributed by atoms with van der Waals surface area (Å²) in [5.41, 5.74) is 2.74. The molecule has 0 aliphatic heterocycles. The molecule has 5 nitrogen and oxygen atoms in total. The molecule has 0 spiro atoms. The number of hydrogen-bond donors (Lipinski definition) is 2. The smallest absolute Gasteiger partial charge is 0.227 e. The van der Waals surface area contributed by atoms with E-state index in [2.05, 4.69) is 15.2 Å². The number of carbonyl (C=O) groups excluding carboxylic acids is 2. The fraction of sp³-hybridized carbons (Fsp3) is 0. The van der Waals surface area contributed by atoms with Crippen LogP contribution in [0, 0.1) is 0 Å². The summed E-state index contributed by atoms with van der Waals surface area (Å²) in [6.45, 7) is 0. The number of hydrogen-bond acceptors (Lipinski definition) is 3. The lowest BCUT2D eigenvalue weighted by Crippen LogP contribution is -1.98. The molecule has 0 radical (unpaired) electrons. The highest BCUT2D eigenvalue weighted by Gasteiger charge is 2.15. The van der Waals surface area contributed by atoms with E-state index in [4.69, 9.17) is 0 Å². The number of nitrogens with one attached hydrogen (secondary N) is 2. The second-order valence-electron chi connectivity index (χ2n) is 3.87. The summed E-state index contributed by atoms with van der Waals surface area (Å²) < 4.78 is 0. The summed E-state index contributed by atoms with van der Waals surface area (Å²) in [5, 5.41) is 7.56. The molecule has 0 fully saturated rings. The van der Waals surface area contributed by atoms with E-state index in [9.17, 15) is 9.59 Å². The first-order valence-corrected chi connectivity index (χ1v) is 5.41. The van der Waals surface area contributed by atoms with Gasteiger partial charge in [-0.3, -0.25) is 14.7 Å². The Balaban J connectivity index is 2.35. The molecular weight excluding hydrogens is 230 g/mol. The van der Waals surface area contributed by atoms with Crippen LogP contribution in [0.15, 0.2) is 36.7 Å². The van der Waals surface area contributed by atoms with Gasteiger partial charge in [-0.25, -0.2) is 0 Å². The molecule has 1 aromatic carbocycles. The second kappa shape index (κ2) is 3.96. The molecule has 88 valence electrons. The minimum Gasteiger partial charge on any atom is -0.360 e. The van der Waals surface area contributed by atoms with Gasteiger partial charge >= 0.3 is 0 Å². The van der Waals surface area contributed by atoms with Gasteiger partial charge in [0.15, 0.2) is 6.29 Å². The minimum absolute atomic E-state index is 0.323. The molecule has 0 amide bonds. The number of carbonyl (C=O) groups is 2. The molecule has 0 aliphatic rings. The largest absolute Gasteiger partial charge is 0.360 e. The number of aromatic nitrogens is 3. The highest BCUT2D eigenvalue weighted by atomic mass is 16.2. The third-order valence-electron chi connectivity index (χ3n) is 2.85. The third kappa shape index (κ3) is 1.45. The molecule has 0 saturated heterocycles. The quantitative estimate of drug-likeness (QED) is 0.416. The molecule has 2 aromatic heterocycles. The molecular formula is C13H9N3O2. The van der Waals surface area contributed by atoms with Crippen LogP contribution < -0.4 is 0 Å². The maximum Gasteiger partial charge on any atom is 0.227 e. The molecule has 3 aromatic rings. The number of fused-ring (bicyclic) bond motifs is 1. The van der Waals surface area contributed by atoms with Crippen molar-refractivity contribution in [3.63, 3.8) is 0 Å². The summed E-state index contributed by atoms with van der Waals surface area (Å²) in [4.78, 5) is 25.2. The average molecular weight is 239 g/mol. The van der Waals surface area contributed by atoms with Crippen molar-refractivity contribution >= 4 is 23.0 Å². The minimum atomic E-state index is -0.538. The Kier molecular flexibility index (Phi) is 2.30. The van der Waals surface area contributed by atoms with E-state index in [0.29, 0.717) is 11.8 Å². The lowest BCUT2D eigenvalue weighted by Gasteiger charge is -2.01. The van der Waals surface area contributed by atoms with Crippen molar-refractivity contribution in [1.29, 1.82) is 0 Å². The summed E-state index contributed by atoms with van der Waals surface area (Å²) in [6, 6.07) is 7.41. The van der Waals surface area contributed by atoms with Gasteiger partial charge in [-0.15, -0.1) is 0 Å². The van der Waals surface area contributed by atoms with Crippen molar-refractivity contribution in [1.82, 2.24) is 15.2 Å². The molecule has 0 unspecified atom stereocenters. The Hall–Kier alpha value is -2.69. The molecule has 0 atom stereocenters. The van der Waals surface area contributed by atoms with Crippen LogP contribution in [0.5, 0.6) is 0 Å². The fourth-order valence-electron chi connectivity index (χ4n) is 2.07. The van der Waals surface area contributed by atoms with Gasteiger partial charge in [0.1, 0.15) is 0 Å². The van der Waals surface area contributed by atoms with Crippen molar-refractivity contribution in [2.75, 3.05) is 0 Å². The normalized spacial score (nSPS) is 10.7. The Morgan fingerprint density at radius 1 is 1.28 bits per heavy atom. The maximum atomic E-state index is 11.6. The van der Waals surface area contributed by atoms with Gasteiger partial charge < -0.3 is 4.98 Å². The van der Waals surface area contributed by atoms with E-state index >= 15 is 0 Å². The number of aromatic amines is 2. The summed E-state index contributed by atoms with van der Waals surface area (Å²) in [6.07, 6.45) is 3.59. The summed E-state index contributed by atoms with van der Waals surface area (Å²) >= 11 is 0. The van der Waals surface area contributed by atoms with E-state index < -0.39 is 5.78 Å². The van der Waals surface area contributed by atoms with Crippen LogP contribution in [0.4, 0.5) is 0 Å². The van der Waals surface area contributed by atoms with Crippen molar-refractivity contribution in [3.05, 3.63) is 42.2 Å². The topological polar surface area (TPSA) is 78.6 Å². The maximum absolute atomic E-state index is 11.6. The van der Waals surface area contributed by atoms with E-state index in [1.54, 1.807) is 12.4 Å². The van der Waals surface area contributed by atoms with Crippen LogP contribution in [0.3, 0.4) is 0 Å². The van der Waals surface area contributed by atoms with Crippen molar-refractivity contribution in [2.45, 2.75) is 0 Å². The standard InChI is InChI=1S/C13H9N3O2/c17-7-12(18)9-6-14-11-3-1-2-8(13(9)11)10-4-5-15-16-10/h1-7,14H,(H,15,16). The van der Waals surface area contributed by atoms with E-state index in [1.165, 1.54) is 0 Å². The molecule has 0 aliphatic carbocycles. The Morgan fingerprint density at radius 3 is 2.89 bits per heavy atom. The fourth-order valence-corrected chi connectivity index (χ4v) is 2.07. The van der Waals surface area contributed by atoms with Gasteiger partial charge in [0, 0.05) is 28.9 Å². The number of H-pyrrole nitrogens is 2. The second-order valence-corrected chi connectivity index (χ2v) is 3.87. The molecule has 2 N–H and O–H groups in total. The van der Waals surface area contributed by atoms with Crippen molar-refractivity contribution in [2.24, 2.45) is 0 Å². The van der Waals surface area contributed by atoms with Crippen LogP contribution in [0.2, 0.25) is 0 Å². The lowest BCUT2D eigenvalue weighted by atomic mass is 10.0. The first-order valence-electron chi connectivity index (χ1n) is 5.41. The molecule has 0 bridgehead atoms. The van der Waals surface area contributed by atoms with Crippen molar-refractivity contribution < 1.29 is 9.59 Å². The predicted octanol–water partition coefficient (Wildman–Crippen LogP) is 1.94. The van der Waals surface area contributed by atoms with Gasteiger partial charge in [-0.1, -0.05) is 12.1 Å². The highest BCUT2D eigenvalue weighted by Crippen LogP contribution is 2.29. The first-order chi connectivity index (χ1) is 8.81. The van der Waals surface area contributed by atoms with Crippen LogP contribution in [0.25, 0.3) is 22.2 Å². The van der Waals surface area contributed by atoms with Crippen LogP contribution in [-0.4, -0.2) is 27.3 Å². The molecule has 5 heteroatoms. The first kappa shape index (κ1) is 10.5. The zero-order chi connectivity index (χ0) is 12.5. The highest BCUT2D eigenvalue weighted by molar-refractivity contribution is 6.37. The van der Waals surface area contributed by atoms with Crippen LogP contribution in [0.1, 0.15) is 10.4 Å². The predicted molar refractivity (Wildman–Crippen MR) is 66.3 cm³/mol. The van der Waals surface area contributed by atoms with Crippen LogP contribution >= 0.6 is 0 Å². The number of ketones is 1. The third-order valence-corrected chi connectivity index (χ3v) is 2.85. The number of benzene rings is 1. The Bertz CT molecular complexity index is 726. The van der Waals surface area contributed by atoms with Gasteiger partial charge in [0.2, 0.25) is 5.78 Å². The zero-order valence-electron chi connectivity index (χ0n) is 9.31. The average Bonchev–Trinajstić information content (AvgIpc) is 3.06. The Labute approximate surface area is 102 Å². The number of aldehydes is 1. The Morgan fingerprint density at radius 2 is 2.17 bits per heavy atom. The van der Waals surface area contributed by atoms with E-state index in [-0.39, 0.29) is 0 Å². The van der Waals surface area contributed by atoms with Gasteiger partial charge in [0.05, 0.1) is 11.3 Å². The van der Waals surface area contributed by atoms with Crippen molar-refractivity contribution in [3.8, 4) is 11.3 Å². The molecule has 3 rings (SSSR count). The monoisotopic (exact) mass is 239 g/mol.